The first-order valence-corrected chi connectivity index (χ1v) is 10.5. The van der Waals surface area contributed by atoms with Crippen molar-refractivity contribution in [3.05, 3.63) is 18.2 Å². The minimum Gasteiger partial charge on any atom is -0.480 e. The molecule has 0 spiro atoms. The van der Waals surface area contributed by atoms with Crippen molar-refractivity contribution in [3.63, 3.8) is 0 Å². The fourth-order valence-corrected chi connectivity index (χ4v) is 3.63. The van der Waals surface area contributed by atoms with Gasteiger partial charge >= 0.3 is 5.97 Å². The predicted octanol–water partition coefficient (Wildman–Crippen LogP) is -2.87. The highest BCUT2D eigenvalue weighted by atomic mass is 32.1. The van der Waals surface area contributed by atoms with Crippen molar-refractivity contribution in [1.29, 1.82) is 0 Å². The fourth-order valence-electron chi connectivity index (χ4n) is 3.37. The number of carboxylic acid groups (broad SMARTS) is 1. The summed E-state index contributed by atoms with van der Waals surface area (Å²) in [6.07, 6.45) is 3.61. The van der Waals surface area contributed by atoms with Crippen LogP contribution in [0.25, 0.3) is 0 Å². The molecule has 13 nitrogen and oxygen atoms in total. The van der Waals surface area contributed by atoms with Crippen molar-refractivity contribution in [2.24, 2.45) is 11.5 Å². The highest BCUT2D eigenvalue weighted by Gasteiger charge is 2.38. The normalized spacial score (nSPS) is 18.4. The Labute approximate surface area is 189 Å². The molecule has 2 rings (SSSR count). The number of nitrogens with two attached hydrogens (primary N) is 2. The second-order valence-electron chi connectivity index (χ2n) is 7.39. The van der Waals surface area contributed by atoms with Gasteiger partial charge in [-0.05, 0) is 12.8 Å². The van der Waals surface area contributed by atoms with E-state index in [2.05, 4.69) is 33.2 Å². The van der Waals surface area contributed by atoms with Crippen LogP contribution in [-0.4, -0.2) is 86.0 Å². The van der Waals surface area contributed by atoms with Crippen LogP contribution in [0.2, 0.25) is 0 Å². The van der Waals surface area contributed by atoms with Gasteiger partial charge in [0.2, 0.25) is 23.6 Å². The number of nitrogens with one attached hydrogen (secondary N) is 3. The molecule has 176 valence electrons. The number of carbonyl (C=O) groups is 5. The average Bonchev–Trinajstić information content (AvgIpc) is 3.42. The molecule has 1 aliphatic rings. The van der Waals surface area contributed by atoms with E-state index in [1.54, 1.807) is 6.20 Å². The van der Waals surface area contributed by atoms with E-state index >= 15 is 0 Å². The van der Waals surface area contributed by atoms with Crippen LogP contribution in [-0.2, 0) is 30.4 Å². The number of carbonyl (C=O) groups excluding carboxylic acids is 4. The predicted molar refractivity (Wildman–Crippen MR) is 114 cm³/mol. The Morgan fingerprint density at radius 1 is 1.28 bits per heavy atom. The molecule has 1 aromatic heterocycles. The summed E-state index contributed by atoms with van der Waals surface area (Å²) in [5, 5.41) is 13.8. The molecule has 2 heterocycles. The van der Waals surface area contributed by atoms with Gasteiger partial charge < -0.3 is 37.1 Å². The zero-order chi connectivity index (χ0) is 23.8. The van der Waals surface area contributed by atoms with E-state index in [-0.39, 0.29) is 12.2 Å². The van der Waals surface area contributed by atoms with E-state index in [4.69, 9.17) is 16.6 Å². The summed E-state index contributed by atoms with van der Waals surface area (Å²) < 4.78 is 0. The molecule has 4 amide bonds. The van der Waals surface area contributed by atoms with E-state index in [0.717, 1.165) is 0 Å². The molecule has 4 unspecified atom stereocenters. The number of imidazole rings is 1. The first-order chi connectivity index (χ1) is 15.1. The Hall–Kier alpha value is -3.13. The SMILES string of the molecule is NC(=O)CC(NC(=O)C(CS)NC(=O)C1CCCN1C(=O)C(N)Cc1cnc[nH]1)C(=O)O. The first-order valence-electron chi connectivity index (χ1n) is 9.90. The lowest BCUT2D eigenvalue weighted by molar-refractivity contribution is -0.144. The molecule has 14 heteroatoms. The summed E-state index contributed by atoms with van der Waals surface area (Å²) in [6.45, 7) is 0.338. The Morgan fingerprint density at radius 2 is 2.00 bits per heavy atom. The lowest BCUT2D eigenvalue weighted by Crippen LogP contribution is -2.57. The molecule has 0 aromatic carbocycles. The van der Waals surface area contributed by atoms with Crippen LogP contribution in [0.3, 0.4) is 0 Å². The molecule has 0 radical (unpaired) electrons. The third-order valence-corrected chi connectivity index (χ3v) is 5.35. The van der Waals surface area contributed by atoms with Crippen molar-refractivity contribution in [3.8, 4) is 0 Å². The van der Waals surface area contributed by atoms with Gasteiger partial charge in [-0.3, -0.25) is 19.2 Å². The van der Waals surface area contributed by atoms with Crippen LogP contribution in [0.1, 0.15) is 25.0 Å². The third kappa shape index (κ3) is 6.68. The molecule has 1 aliphatic heterocycles. The molecular weight excluding hydrogens is 442 g/mol. The molecule has 1 aromatic rings. The van der Waals surface area contributed by atoms with E-state index in [1.165, 1.54) is 11.2 Å². The minimum atomic E-state index is -1.54. The molecule has 0 aliphatic carbocycles. The van der Waals surface area contributed by atoms with Gasteiger partial charge in [-0.15, -0.1) is 0 Å². The molecule has 0 saturated carbocycles. The number of hydrogen-bond acceptors (Lipinski definition) is 8. The van der Waals surface area contributed by atoms with E-state index in [9.17, 15) is 24.0 Å². The van der Waals surface area contributed by atoms with Crippen LogP contribution in [0.4, 0.5) is 0 Å². The molecule has 0 bridgehead atoms. The zero-order valence-electron chi connectivity index (χ0n) is 17.2. The summed E-state index contributed by atoms with van der Waals surface area (Å²) in [4.78, 5) is 68.3. The first kappa shape index (κ1) is 25.1. The Balaban J connectivity index is 2.00. The lowest BCUT2D eigenvalue weighted by atomic mass is 10.1. The number of likely N-dealkylation sites (tertiary alicyclic amines) is 1. The van der Waals surface area contributed by atoms with E-state index in [0.29, 0.717) is 25.1 Å². The number of hydrogen-bond donors (Lipinski definition) is 7. The summed E-state index contributed by atoms with van der Waals surface area (Å²) in [5.74, 6) is -4.32. The number of nitrogens with zero attached hydrogens (tertiary/aromatic N) is 2. The van der Waals surface area contributed by atoms with Crippen LogP contribution >= 0.6 is 12.6 Å². The molecule has 8 N–H and O–H groups in total. The number of thiol groups is 1. The number of primary amides is 1. The van der Waals surface area contributed by atoms with Crippen molar-refractivity contribution in [1.82, 2.24) is 25.5 Å². The number of aromatic nitrogens is 2. The topological polar surface area (TPSA) is 214 Å². The van der Waals surface area contributed by atoms with Crippen LogP contribution < -0.4 is 22.1 Å². The number of aliphatic carboxylic acids is 1. The van der Waals surface area contributed by atoms with Crippen molar-refractivity contribution in [2.45, 2.75) is 49.9 Å². The van der Waals surface area contributed by atoms with Crippen LogP contribution in [0, 0.1) is 0 Å². The van der Waals surface area contributed by atoms with Crippen molar-refractivity contribution in [2.75, 3.05) is 12.3 Å². The third-order valence-electron chi connectivity index (χ3n) is 4.99. The lowest BCUT2D eigenvalue weighted by Gasteiger charge is -2.28. The molecule has 32 heavy (non-hydrogen) atoms. The second-order valence-corrected chi connectivity index (χ2v) is 7.76. The highest BCUT2D eigenvalue weighted by Crippen LogP contribution is 2.19. The van der Waals surface area contributed by atoms with Gasteiger partial charge in [0, 0.05) is 30.6 Å². The monoisotopic (exact) mass is 469 g/mol. The summed E-state index contributed by atoms with van der Waals surface area (Å²) in [5.41, 5.74) is 11.7. The second kappa shape index (κ2) is 11.5. The summed E-state index contributed by atoms with van der Waals surface area (Å²) >= 11 is 4.04. The van der Waals surface area contributed by atoms with Crippen LogP contribution in [0.15, 0.2) is 12.5 Å². The van der Waals surface area contributed by atoms with Crippen molar-refractivity contribution >= 4 is 42.2 Å². The maximum absolute atomic E-state index is 12.8. The highest BCUT2D eigenvalue weighted by molar-refractivity contribution is 7.80. The number of amides is 4. The van der Waals surface area contributed by atoms with Gasteiger partial charge in [0.1, 0.15) is 18.1 Å². The Morgan fingerprint density at radius 3 is 2.56 bits per heavy atom. The summed E-state index contributed by atoms with van der Waals surface area (Å²) in [7, 11) is 0. The smallest absolute Gasteiger partial charge is 0.326 e. The largest absolute Gasteiger partial charge is 0.480 e. The summed E-state index contributed by atoms with van der Waals surface area (Å²) in [6, 6.07) is -4.43. The zero-order valence-corrected chi connectivity index (χ0v) is 18.1. The van der Waals surface area contributed by atoms with Gasteiger partial charge in [0.25, 0.3) is 0 Å². The number of rotatable bonds is 11. The van der Waals surface area contributed by atoms with Crippen LogP contribution in [0.5, 0.6) is 0 Å². The van der Waals surface area contributed by atoms with Gasteiger partial charge in [0.05, 0.1) is 18.8 Å². The standard InChI is InChI=1S/C18H27N7O6S/c19-10(4-9-6-21-8-22-9)17(29)25-3-1-2-13(25)16(28)24-12(7-32)15(27)23-11(18(30)31)5-14(20)26/h6,8,10-13,32H,1-5,7,19H2,(H2,20,26)(H,21,22)(H,23,27)(H,24,28)(H,30,31). The molecule has 1 saturated heterocycles. The van der Waals surface area contributed by atoms with E-state index < -0.39 is 60.2 Å². The number of carboxylic acids is 1. The maximum Gasteiger partial charge on any atom is 0.326 e. The molecular formula is C18H27N7O6S. The fraction of sp³-hybridized carbons (Fsp3) is 0.556. The quantitative estimate of drug-likeness (QED) is 0.167. The molecule has 4 atom stereocenters. The average molecular weight is 470 g/mol. The van der Waals surface area contributed by atoms with Gasteiger partial charge in [-0.25, -0.2) is 9.78 Å². The Bertz CT molecular complexity index is 849. The maximum atomic E-state index is 12.8. The number of H-pyrrole nitrogens is 1. The number of aromatic amines is 1. The molecule has 1 fully saturated rings. The van der Waals surface area contributed by atoms with Gasteiger partial charge in [-0.2, -0.15) is 12.6 Å². The van der Waals surface area contributed by atoms with E-state index in [1.807, 2.05) is 0 Å². The van der Waals surface area contributed by atoms with Gasteiger partial charge in [0.15, 0.2) is 0 Å². The minimum absolute atomic E-state index is 0.138. The van der Waals surface area contributed by atoms with Gasteiger partial charge in [-0.1, -0.05) is 0 Å². The van der Waals surface area contributed by atoms with Crippen molar-refractivity contribution < 1.29 is 29.1 Å². The Kier molecular flexibility index (Phi) is 9.02.